The summed E-state index contributed by atoms with van der Waals surface area (Å²) in [6.07, 6.45) is 0. The predicted octanol–water partition coefficient (Wildman–Crippen LogP) is 2.60. The van der Waals surface area contributed by atoms with Gasteiger partial charge in [-0.1, -0.05) is 42.5 Å². The number of benzene rings is 2. The molecule has 0 bridgehead atoms. The largest absolute Gasteiger partial charge is 0.345 e. The average molecular weight is 349 g/mol. The molecule has 2 amide bonds. The van der Waals surface area contributed by atoms with E-state index >= 15 is 0 Å². The second kappa shape index (κ2) is 7.60. The third-order valence-electron chi connectivity index (χ3n) is 3.77. The van der Waals surface area contributed by atoms with Crippen molar-refractivity contribution in [3.63, 3.8) is 0 Å². The van der Waals surface area contributed by atoms with E-state index in [1.807, 2.05) is 48.5 Å². The summed E-state index contributed by atoms with van der Waals surface area (Å²) in [5.74, 6) is 0.555. The highest BCUT2D eigenvalue weighted by atomic mass is 16.2. The third-order valence-corrected chi connectivity index (χ3v) is 3.77. The van der Waals surface area contributed by atoms with Crippen molar-refractivity contribution in [3.8, 4) is 22.8 Å². The van der Waals surface area contributed by atoms with Gasteiger partial charge in [-0.2, -0.15) is 5.10 Å². The fraction of sp³-hybridized carbons (Fsp3) is 0.158. The first-order chi connectivity index (χ1) is 12.5. The van der Waals surface area contributed by atoms with Gasteiger partial charge in [0.2, 0.25) is 11.8 Å². The van der Waals surface area contributed by atoms with Crippen LogP contribution >= 0.6 is 0 Å². The Morgan fingerprint density at radius 3 is 2.46 bits per heavy atom. The van der Waals surface area contributed by atoms with E-state index in [1.54, 1.807) is 13.0 Å². The van der Waals surface area contributed by atoms with Crippen molar-refractivity contribution in [2.24, 2.45) is 0 Å². The lowest BCUT2D eigenvalue weighted by molar-refractivity contribution is -0.124. The van der Waals surface area contributed by atoms with Gasteiger partial charge in [-0.05, 0) is 19.1 Å². The molecule has 2 aromatic carbocycles. The number of aromatic amines is 1. The van der Waals surface area contributed by atoms with E-state index in [1.165, 1.54) is 6.92 Å². The number of hydrogen-bond acceptors (Lipinski definition) is 4. The summed E-state index contributed by atoms with van der Waals surface area (Å²) in [6, 6.07) is 16.3. The Balaban J connectivity index is 1.85. The summed E-state index contributed by atoms with van der Waals surface area (Å²) < 4.78 is 0. The zero-order valence-electron chi connectivity index (χ0n) is 14.5. The molecule has 0 saturated carbocycles. The molecule has 0 spiro atoms. The first-order valence-corrected chi connectivity index (χ1v) is 8.20. The standard InChI is InChI=1S/C19H19N5O2/c1-12(20-13(2)25)19(26)21-16-11-7-6-10-15(16)18-22-17(23-24-18)14-8-4-3-5-9-14/h3-12H,1-2H3,(H,20,25)(H,21,26)(H,22,23,24). The van der Waals surface area contributed by atoms with Gasteiger partial charge in [0, 0.05) is 18.1 Å². The number of carbonyl (C=O) groups is 2. The van der Waals surface area contributed by atoms with Crippen LogP contribution in [0.4, 0.5) is 5.69 Å². The fourth-order valence-corrected chi connectivity index (χ4v) is 2.51. The Morgan fingerprint density at radius 2 is 1.73 bits per heavy atom. The monoisotopic (exact) mass is 349 g/mol. The summed E-state index contributed by atoms with van der Waals surface area (Å²) in [4.78, 5) is 27.9. The maximum Gasteiger partial charge on any atom is 0.246 e. The van der Waals surface area contributed by atoms with E-state index in [-0.39, 0.29) is 11.8 Å². The SMILES string of the molecule is CC(=O)NC(C)C(=O)Nc1ccccc1-c1nc(-c2ccccc2)n[nH]1. The lowest BCUT2D eigenvalue weighted by Gasteiger charge is -2.14. The van der Waals surface area contributed by atoms with Crippen molar-refractivity contribution in [1.82, 2.24) is 20.5 Å². The van der Waals surface area contributed by atoms with Crippen LogP contribution in [0.15, 0.2) is 54.6 Å². The molecule has 132 valence electrons. The van der Waals surface area contributed by atoms with Gasteiger partial charge in [0.1, 0.15) is 6.04 Å². The Hall–Kier alpha value is -3.48. The van der Waals surface area contributed by atoms with Gasteiger partial charge in [-0.25, -0.2) is 4.98 Å². The molecule has 3 aromatic rings. The van der Waals surface area contributed by atoms with Crippen molar-refractivity contribution in [2.75, 3.05) is 5.32 Å². The maximum absolute atomic E-state index is 12.3. The summed E-state index contributed by atoms with van der Waals surface area (Å²) >= 11 is 0. The Morgan fingerprint density at radius 1 is 1.04 bits per heavy atom. The van der Waals surface area contributed by atoms with Gasteiger partial charge in [0.15, 0.2) is 11.6 Å². The molecule has 1 unspecified atom stereocenters. The van der Waals surface area contributed by atoms with Crippen LogP contribution < -0.4 is 10.6 Å². The number of rotatable bonds is 5. The predicted molar refractivity (Wildman–Crippen MR) is 99.2 cm³/mol. The molecule has 1 aromatic heterocycles. The van der Waals surface area contributed by atoms with E-state index in [2.05, 4.69) is 25.8 Å². The van der Waals surface area contributed by atoms with Crippen LogP contribution in [0.2, 0.25) is 0 Å². The normalized spacial score (nSPS) is 11.6. The highest BCUT2D eigenvalue weighted by Gasteiger charge is 2.17. The summed E-state index contributed by atoms with van der Waals surface area (Å²) in [7, 11) is 0. The molecule has 0 aliphatic rings. The number of amides is 2. The summed E-state index contributed by atoms with van der Waals surface area (Å²) in [5.41, 5.74) is 2.20. The number of nitrogens with zero attached hydrogens (tertiary/aromatic N) is 2. The number of carbonyl (C=O) groups excluding carboxylic acids is 2. The number of aromatic nitrogens is 3. The molecule has 0 fully saturated rings. The molecule has 0 aliphatic heterocycles. The van der Waals surface area contributed by atoms with Crippen molar-refractivity contribution in [1.29, 1.82) is 0 Å². The van der Waals surface area contributed by atoms with Crippen molar-refractivity contribution in [2.45, 2.75) is 19.9 Å². The molecule has 7 heteroatoms. The fourth-order valence-electron chi connectivity index (χ4n) is 2.51. The quantitative estimate of drug-likeness (QED) is 0.659. The Kier molecular flexibility index (Phi) is 5.07. The highest BCUT2D eigenvalue weighted by molar-refractivity contribution is 5.99. The highest BCUT2D eigenvalue weighted by Crippen LogP contribution is 2.26. The molecular formula is C19H19N5O2. The second-order valence-electron chi connectivity index (χ2n) is 5.83. The Labute approximate surface area is 150 Å². The first kappa shape index (κ1) is 17.3. The van der Waals surface area contributed by atoms with E-state index in [0.29, 0.717) is 22.9 Å². The molecular weight excluding hydrogens is 330 g/mol. The molecule has 0 aliphatic carbocycles. The van der Waals surface area contributed by atoms with E-state index in [4.69, 9.17) is 0 Å². The van der Waals surface area contributed by atoms with Crippen molar-refractivity contribution >= 4 is 17.5 Å². The van der Waals surface area contributed by atoms with E-state index in [0.717, 1.165) is 5.56 Å². The summed E-state index contributed by atoms with van der Waals surface area (Å²) in [6.45, 7) is 3.00. The molecule has 26 heavy (non-hydrogen) atoms. The molecule has 0 saturated heterocycles. The molecule has 0 radical (unpaired) electrons. The lowest BCUT2D eigenvalue weighted by Crippen LogP contribution is -2.40. The van der Waals surface area contributed by atoms with Gasteiger partial charge >= 0.3 is 0 Å². The van der Waals surface area contributed by atoms with Gasteiger partial charge in [0.05, 0.1) is 5.69 Å². The molecule has 1 heterocycles. The molecule has 1 atom stereocenters. The molecule has 3 N–H and O–H groups in total. The third kappa shape index (κ3) is 3.94. The number of hydrogen-bond donors (Lipinski definition) is 3. The van der Waals surface area contributed by atoms with Crippen molar-refractivity contribution < 1.29 is 9.59 Å². The van der Waals surface area contributed by atoms with E-state index in [9.17, 15) is 9.59 Å². The Bertz CT molecular complexity index is 920. The van der Waals surface area contributed by atoms with Crippen LogP contribution in [-0.4, -0.2) is 33.0 Å². The number of para-hydroxylation sites is 1. The first-order valence-electron chi connectivity index (χ1n) is 8.20. The zero-order chi connectivity index (χ0) is 18.5. The minimum Gasteiger partial charge on any atom is -0.345 e. The van der Waals surface area contributed by atoms with Gasteiger partial charge < -0.3 is 10.6 Å². The molecule has 7 nitrogen and oxygen atoms in total. The van der Waals surface area contributed by atoms with Crippen LogP contribution in [0.25, 0.3) is 22.8 Å². The van der Waals surface area contributed by atoms with Gasteiger partial charge in [-0.15, -0.1) is 0 Å². The van der Waals surface area contributed by atoms with Crippen LogP contribution in [0.3, 0.4) is 0 Å². The zero-order valence-corrected chi connectivity index (χ0v) is 14.5. The maximum atomic E-state index is 12.3. The summed E-state index contributed by atoms with van der Waals surface area (Å²) in [5, 5.41) is 12.5. The van der Waals surface area contributed by atoms with Gasteiger partial charge in [-0.3, -0.25) is 14.7 Å². The second-order valence-corrected chi connectivity index (χ2v) is 5.83. The molecule has 3 rings (SSSR count). The topological polar surface area (TPSA) is 99.8 Å². The lowest BCUT2D eigenvalue weighted by atomic mass is 10.1. The minimum atomic E-state index is -0.643. The van der Waals surface area contributed by atoms with Crippen molar-refractivity contribution in [3.05, 3.63) is 54.6 Å². The van der Waals surface area contributed by atoms with Crippen LogP contribution in [0.1, 0.15) is 13.8 Å². The van der Waals surface area contributed by atoms with E-state index < -0.39 is 6.04 Å². The van der Waals surface area contributed by atoms with Gasteiger partial charge in [0.25, 0.3) is 0 Å². The number of nitrogens with one attached hydrogen (secondary N) is 3. The van der Waals surface area contributed by atoms with Crippen LogP contribution in [0.5, 0.6) is 0 Å². The average Bonchev–Trinajstić information content (AvgIpc) is 3.12. The van der Waals surface area contributed by atoms with Crippen LogP contribution in [0, 0.1) is 0 Å². The number of anilines is 1. The minimum absolute atomic E-state index is 0.260. The smallest absolute Gasteiger partial charge is 0.246 e. The van der Waals surface area contributed by atoms with Crippen LogP contribution in [-0.2, 0) is 9.59 Å². The number of H-pyrrole nitrogens is 1.